The van der Waals surface area contributed by atoms with Crippen LogP contribution in [0.5, 0.6) is 0 Å². The number of benzene rings is 1. The maximum atomic E-state index is 13.3. The number of nitrogens with zero attached hydrogens (tertiary/aromatic N) is 3. The number of carbonyl (C=O) groups excluding carboxylic acids is 2. The number of esters is 1. The fourth-order valence-electron chi connectivity index (χ4n) is 3.16. The molecule has 1 aromatic carbocycles. The number of thioether (sulfide) groups is 1. The lowest BCUT2D eigenvalue weighted by atomic mass is 10.0. The molecule has 1 amide bonds. The number of hydrogen-bond donors (Lipinski definition) is 1. The molecule has 0 atom stereocenters. The molecule has 0 unspecified atom stereocenters. The quantitative estimate of drug-likeness (QED) is 0.278. The Hall–Kier alpha value is -3.44. The maximum Gasteiger partial charge on any atom is 0.341 e. The molecule has 0 saturated heterocycles. The van der Waals surface area contributed by atoms with Gasteiger partial charge in [0.15, 0.2) is 16.7 Å². The smallest absolute Gasteiger partial charge is 0.341 e. The number of thiophene rings is 1. The van der Waals surface area contributed by atoms with Crippen molar-refractivity contribution in [3.63, 3.8) is 0 Å². The monoisotopic (exact) mass is 486 g/mol. The van der Waals surface area contributed by atoms with Crippen LogP contribution in [0, 0.1) is 5.82 Å². The minimum absolute atomic E-state index is 0.0562. The number of aromatic nitrogens is 3. The van der Waals surface area contributed by atoms with Crippen LogP contribution in [0.1, 0.15) is 17.3 Å². The minimum atomic E-state index is -0.590. The van der Waals surface area contributed by atoms with Gasteiger partial charge in [-0.15, -0.1) is 21.5 Å². The maximum absolute atomic E-state index is 13.3. The van der Waals surface area contributed by atoms with Crippen molar-refractivity contribution in [1.29, 1.82) is 0 Å². The molecule has 0 radical (unpaired) electrons. The van der Waals surface area contributed by atoms with Gasteiger partial charge in [0.2, 0.25) is 5.91 Å². The number of nitrogens with one attached hydrogen (secondary N) is 1. The molecule has 11 heteroatoms. The third kappa shape index (κ3) is 4.83. The second-order valence-electron chi connectivity index (χ2n) is 6.72. The Bertz CT molecular complexity index is 1270. The van der Waals surface area contributed by atoms with E-state index in [1.54, 1.807) is 35.9 Å². The SMILES string of the molecule is CCn1c(SCC(=O)Nc2scc(-c3ccc(F)cc3)c2C(=O)OC)nnc1-c1ccco1. The van der Waals surface area contributed by atoms with Gasteiger partial charge in [0.25, 0.3) is 0 Å². The largest absolute Gasteiger partial charge is 0.465 e. The Morgan fingerprint density at radius 3 is 2.70 bits per heavy atom. The van der Waals surface area contributed by atoms with Crippen LogP contribution in [0.25, 0.3) is 22.7 Å². The van der Waals surface area contributed by atoms with E-state index in [0.29, 0.717) is 39.4 Å². The van der Waals surface area contributed by atoms with Crippen LogP contribution < -0.4 is 5.32 Å². The normalized spacial score (nSPS) is 10.9. The third-order valence-electron chi connectivity index (χ3n) is 4.70. The minimum Gasteiger partial charge on any atom is -0.465 e. The first-order valence-corrected chi connectivity index (χ1v) is 11.7. The lowest BCUT2D eigenvalue weighted by Gasteiger charge is -2.08. The molecule has 170 valence electrons. The van der Waals surface area contributed by atoms with Crippen LogP contribution in [0.4, 0.5) is 9.39 Å². The van der Waals surface area contributed by atoms with E-state index in [2.05, 4.69) is 15.5 Å². The molecule has 0 aliphatic heterocycles. The van der Waals surface area contributed by atoms with E-state index in [0.717, 1.165) is 0 Å². The molecule has 1 N–H and O–H groups in total. The van der Waals surface area contributed by atoms with E-state index >= 15 is 0 Å². The van der Waals surface area contributed by atoms with Crippen molar-refractivity contribution in [3.8, 4) is 22.7 Å². The van der Waals surface area contributed by atoms with Crippen molar-refractivity contribution in [2.75, 3.05) is 18.2 Å². The van der Waals surface area contributed by atoms with Crippen molar-refractivity contribution in [3.05, 3.63) is 59.4 Å². The molecule has 4 rings (SSSR count). The summed E-state index contributed by atoms with van der Waals surface area (Å²) >= 11 is 2.42. The Balaban J connectivity index is 1.50. The standard InChI is InChI=1S/C22H19FN4O4S2/c1-3-27-19(16-5-4-10-31-16)25-26-22(27)33-12-17(28)24-20-18(21(29)30-2)15(11-32-20)13-6-8-14(23)9-7-13/h4-11H,3,12H2,1-2H3,(H,24,28). The first kappa shape index (κ1) is 22.7. The summed E-state index contributed by atoms with van der Waals surface area (Å²) in [5.41, 5.74) is 1.43. The molecular weight excluding hydrogens is 467 g/mol. The lowest BCUT2D eigenvalue weighted by Crippen LogP contribution is -2.16. The highest BCUT2D eigenvalue weighted by molar-refractivity contribution is 7.99. The molecule has 3 aromatic heterocycles. The van der Waals surface area contributed by atoms with Gasteiger partial charge in [-0.3, -0.25) is 9.36 Å². The summed E-state index contributed by atoms with van der Waals surface area (Å²) in [4.78, 5) is 25.1. The van der Waals surface area contributed by atoms with Crippen molar-refractivity contribution < 1.29 is 23.1 Å². The zero-order valence-electron chi connectivity index (χ0n) is 17.7. The van der Waals surface area contributed by atoms with Crippen LogP contribution in [0.2, 0.25) is 0 Å². The predicted molar refractivity (Wildman–Crippen MR) is 124 cm³/mol. The summed E-state index contributed by atoms with van der Waals surface area (Å²) in [6.45, 7) is 2.55. The van der Waals surface area contributed by atoms with E-state index in [4.69, 9.17) is 9.15 Å². The van der Waals surface area contributed by atoms with Gasteiger partial charge < -0.3 is 14.5 Å². The van der Waals surface area contributed by atoms with Gasteiger partial charge in [-0.1, -0.05) is 23.9 Å². The summed E-state index contributed by atoms with van der Waals surface area (Å²) in [5.74, 6) is -0.0546. The molecule has 0 aliphatic carbocycles. The van der Waals surface area contributed by atoms with E-state index in [9.17, 15) is 14.0 Å². The number of rotatable bonds is 8. The number of halogens is 1. The van der Waals surface area contributed by atoms with Gasteiger partial charge >= 0.3 is 5.97 Å². The summed E-state index contributed by atoms with van der Waals surface area (Å²) < 4.78 is 25.5. The molecule has 33 heavy (non-hydrogen) atoms. The van der Waals surface area contributed by atoms with Crippen LogP contribution in [0.15, 0.2) is 57.6 Å². The van der Waals surface area contributed by atoms with Gasteiger partial charge in [0.1, 0.15) is 16.4 Å². The van der Waals surface area contributed by atoms with E-state index in [1.165, 1.54) is 42.3 Å². The fraction of sp³-hybridized carbons (Fsp3) is 0.182. The Morgan fingerprint density at radius 2 is 2.03 bits per heavy atom. The van der Waals surface area contributed by atoms with Gasteiger partial charge in [-0.2, -0.15) is 0 Å². The number of ether oxygens (including phenoxy) is 1. The summed E-state index contributed by atoms with van der Waals surface area (Å²) in [6, 6.07) is 9.32. The third-order valence-corrected chi connectivity index (χ3v) is 6.56. The molecule has 0 bridgehead atoms. The van der Waals surface area contributed by atoms with E-state index in [-0.39, 0.29) is 23.0 Å². The molecule has 8 nitrogen and oxygen atoms in total. The van der Waals surface area contributed by atoms with Crippen LogP contribution in [-0.2, 0) is 16.1 Å². The first-order chi connectivity index (χ1) is 16.0. The molecular formula is C22H19FN4O4S2. The second kappa shape index (κ2) is 10.0. The first-order valence-electron chi connectivity index (χ1n) is 9.87. The number of carbonyl (C=O) groups is 2. The number of anilines is 1. The number of furan rings is 1. The summed E-state index contributed by atoms with van der Waals surface area (Å²) in [6.07, 6.45) is 1.56. The van der Waals surface area contributed by atoms with Gasteiger partial charge in [0.05, 0.1) is 19.1 Å². The van der Waals surface area contributed by atoms with E-state index < -0.39 is 5.97 Å². The van der Waals surface area contributed by atoms with Gasteiger partial charge in [-0.05, 0) is 36.8 Å². The number of amides is 1. The molecule has 0 aliphatic rings. The molecule has 0 fully saturated rings. The summed E-state index contributed by atoms with van der Waals surface area (Å²) in [7, 11) is 1.27. The highest BCUT2D eigenvalue weighted by Gasteiger charge is 2.23. The van der Waals surface area contributed by atoms with Crippen LogP contribution >= 0.6 is 23.1 Å². The number of hydrogen-bond acceptors (Lipinski definition) is 8. The lowest BCUT2D eigenvalue weighted by molar-refractivity contribution is -0.113. The zero-order chi connectivity index (χ0) is 23.4. The van der Waals surface area contributed by atoms with E-state index in [1.807, 2.05) is 11.5 Å². The Kier molecular flexibility index (Phi) is 6.90. The van der Waals surface area contributed by atoms with Crippen molar-refractivity contribution in [2.45, 2.75) is 18.6 Å². The average Bonchev–Trinajstić information content (AvgIpc) is 3.57. The molecule has 4 aromatic rings. The predicted octanol–water partition coefficient (Wildman–Crippen LogP) is 4.94. The summed E-state index contributed by atoms with van der Waals surface area (Å²) in [5, 5.41) is 13.8. The van der Waals surface area contributed by atoms with Crippen molar-refractivity contribution in [1.82, 2.24) is 14.8 Å². The molecule has 0 saturated carbocycles. The highest BCUT2D eigenvalue weighted by Crippen LogP contribution is 2.36. The zero-order valence-corrected chi connectivity index (χ0v) is 19.3. The Morgan fingerprint density at radius 1 is 1.24 bits per heavy atom. The van der Waals surface area contributed by atoms with Crippen LogP contribution in [-0.4, -0.2) is 39.5 Å². The van der Waals surface area contributed by atoms with Crippen LogP contribution in [0.3, 0.4) is 0 Å². The highest BCUT2D eigenvalue weighted by atomic mass is 32.2. The molecule has 3 heterocycles. The number of methoxy groups -OCH3 is 1. The Labute approximate surface area is 196 Å². The second-order valence-corrected chi connectivity index (χ2v) is 8.54. The molecule has 0 spiro atoms. The average molecular weight is 487 g/mol. The van der Waals surface area contributed by atoms with Gasteiger partial charge in [0, 0.05) is 17.5 Å². The van der Waals surface area contributed by atoms with Crippen molar-refractivity contribution >= 4 is 40.0 Å². The fourth-order valence-corrected chi connectivity index (χ4v) is 4.93. The van der Waals surface area contributed by atoms with Crippen molar-refractivity contribution in [2.24, 2.45) is 0 Å². The topological polar surface area (TPSA) is 99.2 Å². The van der Waals surface area contributed by atoms with Gasteiger partial charge in [-0.25, -0.2) is 9.18 Å².